The molecular formula is C21H23FN4O2. The number of urea groups is 1. The molecule has 2 amide bonds. The lowest BCUT2D eigenvalue weighted by Crippen LogP contribution is -2.37. The maximum Gasteiger partial charge on any atom is 0.317 e. The molecule has 2 aromatic carbocycles. The number of methoxy groups -OCH3 is 1. The Kier molecular flexibility index (Phi) is 6.26. The van der Waals surface area contributed by atoms with E-state index in [0.717, 1.165) is 17.7 Å². The lowest BCUT2D eigenvalue weighted by molar-refractivity contribution is 0.207. The van der Waals surface area contributed by atoms with E-state index in [4.69, 9.17) is 4.74 Å². The Morgan fingerprint density at radius 2 is 1.96 bits per heavy atom. The highest BCUT2D eigenvalue weighted by Gasteiger charge is 2.10. The van der Waals surface area contributed by atoms with Gasteiger partial charge in [-0.3, -0.25) is 0 Å². The normalized spacial score (nSPS) is 10.5. The minimum absolute atomic E-state index is 0.189. The third kappa shape index (κ3) is 4.88. The molecule has 0 bridgehead atoms. The quantitative estimate of drug-likeness (QED) is 0.681. The van der Waals surface area contributed by atoms with Gasteiger partial charge in [0.2, 0.25) is 0 Å². The van der Waals surface area contributed by atoms with Crippen molar-refractivity contribution in [3.8, 4) is 11.4 Å². The Morgan fingerprint density at radius 1 is 1.21 bits per heavy atom. The van der Waals surface area contributed by atoms with Gasteiger partial charge in [0, 0.05) is 32.5 Å². The van der Waals surface area contributed by atoms with Gasteiger partial charge < -0.3 is 15.0 Å². The number of amides is 2. The second-order valence-electron chi connectivity index (χ2n) is 6.42. The van der Waals surface area contributed by atoms with Gasteiger partial charge in [0.1, 0.15) is 0 Å². The Balaban J connectivity index is 1.46. The first-order chi connectivity index (χ1) is 13.6. The summed E-state index contributed by atoms with van der Waals surface area (Å²) < 4.78 is 20.5. The molecule has 1 heterocycles. The van der Waals surface area contributed by atoms with Crippen molar-refractivity contribution in [2.24, 2.45) is 0 Å². The standard InChI is InChI=1S/C21H23FN4O2/c1-25(15-17-6-9-20(28-2)19(22)14-17)21(27)23-12-10-16-4-7-18(8-5-16)26-13-3-11-24-26/h3-9,11,13-14H,10,12,15H2,1-2H3,(H,23,27). The summed E-state index contributed by atoms with van der Waals surface area (Å²) in [5, 5.41) is 7.08. The number of nitrogens with one attached hydrogen (secondary N) is 1. The second-order valence-corrected chi connectivity index (χ2v) is 6.42. The van der Waals surface area contributed by atoms with Crippen molar-refractivity contribution >= 4 is 6.03 Å². The van der Waals surface area contributed by atoms with E-state index in [0.29, 0.717) is 18.7 Å². The van der Waals surface area contributed by atoms with Gasteiger partial charge in [0.15, 0.2) is 11.6 Å². The van der Waals surface area contributed by atoms with Crippen LogP contribution < -0.4 is 10.1 Å². The molecule has 0 saturated carbocycles. The van der Waals surface area contributed by atoms with Crippen LogP contribution in [0.15, 0.2) is 60.9 Å². The van der Waals surface area contributed by atoms with Gasteiger partial charge in [-0.05, 0) is 47.9 Å². The monoisotopic (exact) mass is 382 g/mol. The summed E-state index contributed by atoms with van der Waals surface area (Å²) in [4.78, 5) is 13.8. The van der Waals surface area contributed by atoms with Crippen molar-refractivity contribution in [2.45, 2.75) is 13.0 Å². The molecule has 146 valence electrons. The molecule has 0 aliphatic carbocycles. The van der Waals surface area contributed by atoms with Crippen LogP contribution in [0.5, 0.6) is 5.75 Å². The van der Waals surface area contributed by atoms with E-state index >= 15 is 0 Å². The second kappa shape index (κ2) is 9.03. The number of hydrogen-bond acceptors (Lipinski definition) is 3. The third-order valence-electron chi connectivity index (χ3n) is 4.38. The zero-order chi connectivity index (χ0) is 19.9. The van der Waals surface area contributed by atoms with Crippen LogP contribution in [-0.2, 0) is 13.0 Å². The predicted octanol–water partition coefficient (Wildman–Crippen LogP) is 3.40. The fourth-order valence-corrected chi connectivity index (χ4v) is 2.84. The molecule has 1 aromatic heterocycles. The number of halogens is 1. The average Bonchev–Trinajstić information content (AvgIpc) is 3.23. The van der Waals surface area contributed by atoms with Crippen LogP contribution in [0.25, 0.3) is 5.69 Å². The smallest absolute Gasteiger partial charge is 0.317 e. The first-order valence-corrected chi connectivity index (χ1v) is 8.97. The summed E-state index contributed by atoms with van der Waals surface area (Å²) in [6.45, 7) is 0.826. The fraction of sp³-hybridized carbons (Fsp3) is 0.238. The summed E-state index contributed by atoms with van der Waals surface area (Å²) in [6, 6.07) is 14.4. The van der Waals surface area contributed by atoms with E-state index in [1.807, 2.05) is 36.5 Å². The van der Waals surface area contributed by atoms with Gasteiger partial charge in [0.05, 0.1) is 12.8 Å². The first-order valence-electron chi connectivity index (χ1n) is 8.97. The average molecular weight is 382 g/mol. The molecule has 1 N–H and O–H groups in total. The molecule has 0 unspecified atom stereocenters. The molecule has 0 atom stereocenters. The van der Waals surface area contributed by atoms with Gasteiger partial charge >= 0.3 is 6.03 Å². The third-order valence-corrected chi connectivity index (χ3v) is 4.38. The van der Waals surface area contributed by atoms with E-state index < -0.39 is 5.82 Å². The van der Waals surface area contributed by atoms with E-state index in [1.54, 1.807) is 30.1 Å². The molecule has 3 rings (SSSR count). The number of benzene rings is 2. The van der Waals surface area contributed by atoms with Crippen molar-refractivity contribution in [1.29, 1.82) is 0 Å². The summed E-state index contributed by atoms with van der Waals surface area (Å²) in [7, 11) is 3.10. The zero-order valence-corrected chi connectivity index (χ0v) is 15.9. The number of ether oxygens (including phenoxy) is 1. The number of carbonyl (C=O) groups is 1. The number of rotatable bonds is 7. The van der Waals surface area contributed by atoms with Gasteiger partial charge in [-0.15, -0.1) is 0 Å². The summed E-state index contributed by atoms with van der Waals surface area (Å²) in [5.41, 5.74) is 2.81. The van der Waals surface area contributed by atoms with Gasteiger partial charge in [-0.2, -0.15) is 5.10 Å². The number of nitrogens with zero attached hydrogens (tertiary/aromatic N) is 3. The van der Waals surface area contributed by atoms with Crippen molar-refractivity contribution in [1.82, 2.24) is 20.0 Å². The highest BCUT2D eigenvalue weighted by atomic mass is 19.1. The van der Waals surface area contributed by atoms with E-state index in [9.17, 15) is 9.18 Å². The van der Waals surface area contributed by atoms with Crippen molar-refractivity contribution in [2.75, 3.05) is 20.7 Å². The summed E-state index contributed by atoms with van der Waals surface area (Å²) >= 11 is 0. The van der Waals surface area contributed by atoms with E-state index in [1.165, 1.54) is 18.1 Å². The minimum atomic E-state index is -0.438. The highest BCUT2D eigenvalue weighted by molar-refractivity contribution is 5.73. The number of aromatic nitrogens is 2. The molecule has 3 aromatic rings. The molecule has 6 nitrogen and oxygen atoms in total. The maximum absolute atomic E-state index is 13.8. The maximum atomic E-state index is 13.8. The molecule has 0 fully saturated rings. The van der Waals surface area contributed by atoms with Crippen LogP contribution >= 0.6 is 0 Å². The number of hydrogen-bond donors (Lipinski definition) is 1. The van der Waals surface area contributed by atoms with E-state index in [-0.39, 0.29) is 11.8 Å². The molecule has 0 spiro atoms. The van der Waals surface area contributed by atoms with Crippen LogP contribution in [0.1, 0.15) is 11.1 Å². The van der Waals surface area contributed by atoms with Gasteiger partial charge in [0.25, 0.3) is 0 Å². The summed E-state index contributed by atoms with van der Waals surface area (Å²) in [5.74, 6) is -0.248. The largest absolute Gasteiger partial charge is 0.494 e. The van der Waals surface area contributed by atoms with Gasteiger partial charge in [-0.1, -0.05) is 18.2 Å². The van der Waals surface area contributed by atoms with Crippen molar-refractivity contribution in [3.05, 3.63) is 77.9 Å². The molecule has 0 aliphatic rings. The fourth-order valence-electron chi connectivity index (χ4n) is 2.84. The van der Waals surface area contributed by atoms with Crippen LogP contribution in [0.3, 0.4) is 0 Å². The Morgan fingerprint density at radius 3 is 2.61 bits per heavy atom. The number of carbonyl (C=O) groups excluding carboxylic acids is 1. The van der Waals surface area contributed by atoms with Crippen LogP contribution in [0.2, 0.25) is 0 Å². The SMILES string of the molecule is COc1ccc(CN(C)C(=O)NCCc2ccc(-n3cccn3)cc2)cc1F. The lowest BCUT2D eigenvalue weighted by atomic mass is 10.1. The lowest BCUT2D eigenvalue weighted by Gasteiger charge is -2.18. The zero-order valence-electron chi connectivity index (χ0n) is 15.9. The van der Waals surface area contributed by atoms with Gasteiger partial charge in [-0.25, -0.2) is 13.9 Å². The molecule has 0 saturated heterocycles. The molecule has 28 heavy (non-hydrogen) atoms. The van der Waals surface area contributed by atoms with Crippen LogP contribution in [0, 0.1) is 5.82 Å². The van der Waals surface area contributed by atoms with Crippen LogP contribution in [0.4, 0.5) is 9.18 Å². The van der Waals surface area contributed by atoms with Crippen molar-refractivity contribution in [3.63, 3.8) is 0 Å². The van der Waals surface area contributed by atoms with E-state index in [2.05, 4.69) is 10.4 Å². The minimum Gasteiger partial charge on any atom is -0.494 e. The van der Waals surface area contributed by atoms with Crippen LogP contribution in [-0.4, -0.2) is 41.4 Å². The molecule has 0 radical (unpaired) electrons. The Bertz CT molecular complexity index is 911. The Hall–Kier alpha value is -3.35. The van der Waals surface area contributed by atoms with Crippen molar-refractivity contribution < 1.29 is 13.9 Å². The highest BCUT2D eigenvalue weighted by Crippen LogP contribution is 2.18. The molecular weight excluding hydrogens is 359 g/mol. The summed E-state index contributed by atoms with van der Waals surface area (Å²) in [6.07, 6.45) is 4.34. The Labute approximate surface area is 163 Å². The topological polar surface area (TPSA) is 59.4 Å². The predicted molar refractivity (Wildman–Crippen MR) is 105 cm³/mol. The molecule has 7 heteroatoms. The first kappa shape index (κ1) is 19.4. The molecule has 0 aliphatic heterocycles.